The highest BCUT2D eigenvalue weighted by atomic mass is 32.2. The molecule has 0 heterocycles. The number of rotatable bonds is 2. The van der Waals surface area contributed by atoms with Gasteiger partial charge in [0.15, 0.2) is 0 Å². The molecule has 0 unspecified atom stereocenters. The summed E-state index contributed by atoms with van der Waals surface area (Å²) in [6.45, 7) is 4.23. The van der Waals surface area contributed by atoms with Crippen molar-refractivity contribution >= 4 is 28.7 Å². The molecule has 0 spiro atoms. The first-order valence-corrected chi connectivity index (χ1v) is 4.76. The van der Waals surface area contributed by atoms with Gasteiger partial charge in [-0.05, 0) is 37.1 Å². The summed E-state index contributed by atoms with van der Waals surface area (Å²) in [5.74, 6) is 0. The summed E-state index contributed by atoms with van der Waals surface area (Å²) in [6.07, 6.45) is 0. The molecule has 0 nitrogen and oxygen atoms in total. The Kier molecular flexibility index (Phi) is 3.09. The van der Waals surface area contributed by atoms with E-state index in [2.05, 4.69) is 32.0 Å². The van der Waals surface area contributed by atoms with Crippen molar-refractivity contribution in [1.82, 2.24) is 0 Å². The van der Waals surface area contributed by atoms with Crippen LogP contribution in [0.2, 0.25) is 0 Å². The van der Waals surface area contributed by atoms with Crippen molar-refractivity contribution in [3.63, 3.8) is 0 Å². The van der Waals surface area contributed by atoms with Crippen LogP contribution in [0, 0.1) is 13.8 Å². The van der Waals surface area contributed by atoms with Crippen LogP contribution < -0.4 is 0 Å². The summed E-state index contributed by atoms with van der Waals surface area (Å²) in [6, 6.07) is 6.37. The van der Waals surface area contributed by atoms with Crippen LogP contribution in [0.15, 0.2) is 23.1 Å². The van der Waals surface area contributed by atoms with Crippen LogP contribution in [0.25, 0.3) is 0 Å². The second-order valence-electron chi connectivity index (χ2n) is 2.46. The van der Waals surface area contributed by atoms with E-state index in [-0.39, 0.29) is 0 Å². The Hall–Kier alpha value is -0.340. The lowest BCUT2D eigenvalue weighted by molar-refractivity contribution is 1.28. The lowest BCUT2D eigenvalue weighted by atomic mass is 10.1. The number of hydrogen-bond acceptors (Lipinski definition) is 2. The van der Waals surface area contributed by atoms with E-state index < -0.39 is 0 Å². The third-order valence-corrected chi connectivity index (χ3v) is 2.57. The normalized spacial score (nSPS) is 9.64. The van der Waals surface area contributed by atoms with Gasteiger partial charge in [-0.25, -0.2) is 0 Å². The van der Waals surface area contributed by atoms with Gasteiger partial charge in [0.25, 0.3) is 0 Å². The van der Waals surface area contributed by atoms with Crippen LogP contribution in [-0.4, -0.2) is 4.70 Å². The van der Waals surface area contributed by atoms with Gasteiger partial charge in [-0.2, -0.15) is 0 Å². The number of hydrogen-bond donors (Lipinski definition) is 0. The Labute approximate surface area is 77.0 Å². The zero-order valence-electron chi connectivity index (χ0n) is 6.63. The molecule has 0 aliphatic carbocycles. The first-order chi connectivity index (χ1) is 5.24. The molecule has 0 bridgehead atoms. The average Bonchev–Trinajstić information content (AvgIpc) is 1.98. The van der Waals surface area contributed by atoms with Crippen LogP contribution in [0.4, 0.5) is 0 Å². The predicted molar refractivity (Wildman–Crippen MR) is 55.4 cm³/mol. The monoisotopic (exact) mass is 182 g/mol. The Balaban J connectivity index is 2.95. The van der Waals surface area contributed by atoms with E-state index in [9.17, 15) is 0 Å². The Bertz CT molecular complexity index is 266. The highest BCUT2D eigenvalue weighted by molar-refractivity contribution is 8.20. The minimum atomic E-state index is 1.23. The quantitative estimate of drug-likeness (QED) is 0.508. The van der Waals surface area contributed by atoms with Gasteiger partial charge in [0.1, 0.15) is 0 Å². The molecule has 0 radical (unpaired) electrons. The molecule has 1 aromatic carbocycles. The summed E-state index contributed by atoms with van der Waals surface area (Å²) in [7, 11) is 0. The Morgan fingerprint density at radius 3 is 2.55 bits per heavy atom. The molecule has 0 saturated carbocycles. The van der Waals surface area contributed by atoms with Crippen LogP contribution in [-0.2, 0) is 0 Å². The second-order valence-corrected chi connectivity index (χ2v) is 3.94. The summed E-state index contributed by atoms with van der Waals surface area (Å²) in [4.78, 5) is 1.23. The van der Waals surface area contributed by atoms with Gasteiger partial charge in [-0.1, -0.05) is 30.0 Å². The zero-order chi connectivity index (χ0) is 8.27. The Morgan fingerprint density at radius 1 is 1.27 bits per heavy atom. The van der Waals surface area contributed by atoms with Crippen molar-refractivity contribution in [1.29, 1.82) is 0 Å². The predicted octanol–water partition coefficient (Wildman–Crippen LogP) is 3.35. The standard InChI is InChI=1S/C9H10S2/c1-7-3-4-9(11-6-10)5-8(7)2/h3-6H,1-2H3. The fourth-order valence-electron chi connectivity index (χ4n) is 0.843. The molecule has 1 rings (SSSR count). The van der Waals surface area contributed by atoms with Gasteiger partial charge < -0.3 is 0 Å². The molecule has 0 aliphatic heterocycles. The van der Waals surface area contributed by atoms with Crippen molar-refractivity contribution in [3.8, 4) is 0 Å². The molecule has 11 heavy (non-hydrogen) atoms. The van der Waals surface area contributed by atoms with Crippen molar-refractivity contribution in [2.75, 3.05) is 0 Å². The van der Waals surface area contributed by atoms with Crippen LogP contribution in [0.3, 0.4) is 0 Å². The molecule has 0 aromatic heterocycles. The maximum atomic E-state index is 4.75. The molecule has 0 N–H and O–H groups in total. The summed E-state index contributed by atoms with van der Waals surface area (Å²) in [5.41, 5.74) is 2.66. The topological polar surface area (TPSA) is 0 Å². The minimum absolute atomic E-state index is 1.23. The number of benzene rings is 1. The summed E-state index contributed by atoms with van der Waals surface area (Å²) in [5, 5.41) is 0. The molecule has 0 atom stereocenters. The van der Waals surface area contributed by atoms with Gasteiger partial charge in [0.2, 0.25) is 0 Å². The van der Waals surface area contributed by atoms with E-state index in [0.717, 1.165) is 0 Å². The highest BCUT2D eigenvalue weighted by Crippen LogP contribution is 2.18. The molecular formula is C9H10S2. The third-order valence-electron chi connectivity index (χ3n) is 1.66. The van der Waals surface area contributed by atoms with Crippen molar-refractivity contribution in [3.05, 3.63) is 29.3 Å². The molecule has 0 amide bonds. The zero-order valence-corrected chi connectivity index (χ0v) is 8.26. The van der Waals surface area contributed by atoms with E-state index in [1.54, 1.807) is 16.5 Å². The molecule has 2 heteroatoms. The fraction of sp³-hybridized carbons (Fsp3) is 0.222. The molecular weight excluding hydrogens is 172 g/mol. The Morgan fingerprint density at radius 2 is 2.00 bits per heavy atom. The molecule has 0 fully saturated rings. The fourth-order valence-corrected chi connectivity index (χ4v) is 1.68. The average molecular weight is 182 g/mol. The van der Waals surface area contributed by atoms with Crippen molar-refractivity contribution < 1.29 is 0 Å². The lowest BCUT2D eigenvalue weighted by Crippen LogP contribution is -1.80. The SMILES string of the molecule is Cc1ccc(SC=S)cc1C. The number of thiocarbonyl (C=S) groups is 1. The molecule has 1 aromatic rings. The first-order valence-electron chi connectivity index (χ1n) is 3.41. The highest BCUT2D eigenvalue weighted by Gasteiger charge is 1.93. The minimum Gasteiger partial charge on any atom is -0.0863 e. The van der Waals surface area contributed by atoms with E-state index in [1.165, 1.54) is 16.0 Å². The van der Waals surface area contributed by atoms with Crippen LogP contribution in [0.1, 0.15) is 11.1 Å². The molecule has 58 valence electrons. The number of thioether (sulfide) groups is 1. The molecule has 0 saturated heterocycles. The number of aryl methyl sites for hydroxylation is 2. The van der Waals surface area contributed by atoms with Gasteiger partial charge in [0.05, 0.1) is 0 Å². The van der Waals surface area contributed by atoms with Crippen molar-refractivity contribution in [2.24, 2.45) is 0 Å². The largest absolute Gasteiger partial charge is 0.0863 e. The maximum absolute atomic E-state index is 4.75. The van der Waals surface area contributed by atoms with Gasteiger partial charge in [-0.3, -0.25) is 0 Å². The van der Waals surface area contributed by atoms with E-state index in [4.69, 9.17) is 12.2 Å². The summed E-state index contributed by atoms with van der Waals surface area (Å²) >= 11 is 6.34. The van der Waals surface area contributed by atoms with Crippen LogP contribution in [0.5, 0.6) is 0 Å². The first kappa shape index (κ1) is 8.75. The van der Waals surface area contributed by atoms with Gasteiger partial charge in [0, 0.05) is 9.59 Å². The van der Waals surface area contributed by atoms with E-state index >= 15 is 0 Å². The van der Waals surface area contributed by atoms with Crippen molar-refractivity contribution in [2.45, 2.75) is 18.7 Å². The second kappa shape index (κ2) is 3.88. The van der Waals surface area contributed by atoms with Crippen LogP contribution >= 0.6 is 24.0 Å². The molecule has 0 aliphatic rings. The maximum Gasteiger partial charge on any atom is 0.0391 e. The third kappa shape index (κ3) is 2.31. The van der Waals surface area contributed by atoms with E-state index in [0.29, 0.717) is 0 Å². The van der Waals surface area contributed by atoms with Gasteiger partial charge >= 0.3 is 0 Å². The smallest absolute Gasteiger partial charge is 0.0391 e. The summed E-state index contributed by atoms with van der Waals surface area (Å²) < 4.78 is 1.68. The lowest BCUT2D eigenvalue weighted by Gasteiger charge is -2.00. The van der Waals surface area contributed by atoms with Gasteiger partial charge in [-0.15, -0.1) is 0 Å². The van der Waals surface area contributed by atoms with E-state index in [1.807, 2.05) is 0 Å².